The molecule has 17 heteroatoms. The largest absolute Gasteiger partial charge is 0.462 e. The van der Waals surface area contributed by atoms with Gasteiger partial charge in [-0.25, -0.2) is 44.2 Å². The van der Waals surface area contributed by atoms with Gasteiger partial charge in [0.2, 0.25) is 5.36 Å². The molecule has 0 saturated carbocycles. The summed E-state index contributed by atoms with van der Waals surface area (Å²) in [6, 6.07) is 15.4. The standard InChI is InChI=1S/C34H28F4N3O7S3/c1-4-27(42)47-15-16-49-33-29(35)31(37)34(32(38)30(33)36)51(45,46)41-50(43,44)26-10-8-7-9-23(26)28-21-13-11-19(39-5-2)17-24(21)48-25-18-20(40-6-3)12-14-22(25)28/h4,7-14,17-18H,1,5-6,15-16H2,2-3H3,(H,39,40)/q-1/p+1. The van der Waals surface area contributed by atoms with E-state index in [1.54, 1.807) is 36.4 Å². The van der Waals surface area contributed by atoms with Gasteiger partial charge in [0.05, 0.1) is 15.9 Å². The Morgan fingerprint density at radius 1 is 0.941 bits per heavy atom. The van der Waals surface area contributed by atoms with E-state index in [9.17, 15) is 30.4 Å². The summed E-state index contributed by atoms with van der Waals surface area (Å²) in [5.41, 5.74) is 1.73. The molecule has 1 heterocycles. The number of fused-ring (bicyclic) bond motifs is 2. The maximum atomic E-state index is 15.2. The molecule has 0 radical (unpaired) electrons. The monoisotopic (exact) mass is 763 g/mol. The van der Waals surface area contributed by atoms with Crippen molar-refractivity contribution in [1.82, 2.24) is 0 Å². The molecule has 2 aliphatic rings. The van der Waals surface area contributed by atoms with Crippen molar-refractivity contribution in [3.05, 3.63) is 106 Å². The maximum Gasteiger partial charge on any atom is 0.330 e. The van der Waals surface area contributed by atoms with Crippen molar-refractivity contribution in [2.75, 3.05) is 30.8 Å². The molecule has 0 saturated heterocycles. The van der Waals surface area contributed by atoms with Crippen LogP contribution in [0.25, 0.3) is 37.5 Å². The van der Waals surface area contributed by atoms with Crippen molar-refractivity contribution in [3.63, 3.8) is 0 Å². The predicted octanol–water partition coefficient (Wildman–Crippen LogP) is 5.47. The van der Waals surface area contributed by atoms with Gasteiger partial charge in [0.25, 0.3) is 0 Å². The summed E-state index contributed by atoms with van der Waals surface area (Å²) in [5.74, 6) is -9.89. The van der Waals surface area contributed by atoms with Gasteiger partial charge in [-0.1, -0.05) is 24.8 Å². The quantitative estimate of drug-likeness (QED) is 0.0303. The Morgan fingerprint density at radius 2 is 1.65 bits per heavy atom. The van der Waals surface area contributed by atoms with E-state index in [0.29, 0.717) is 52.0 Å². The van der Waals surface area contributed by atoms with Crippen LogP contribution in [0.15, 0.2) is 92.4 Å². The number of esters is 1. The lowest BCUT2D eigenvalue weighted by Crippen LogP contribution is -2.75. The Balaban J connectivity index is 1.62. The van der Waals surface area contributed by atoms with E-state index in [1.165, 1.54) is 18.2 Å². The second-order valence-corrected chi connectivity index (χ2v) is 15.1. The number of halogens is 4. The highest BCUT2D eigenvalue weighted by atomic mass is 32.3. The number of hydrogen-bond acceptors (Lipinski definition) is 9. The third-order valence-corrected chi connectivity index (χ3v) is 11.7. The molecule has 1 aliphatic carbocycles. The smallest absolute Gasteiger partial charge is 0.330 e. The van der Waals surface area contributed by atoms with Crippen LogP contribution in [0.5, 0.6) is 0 Å². The van der Waals surface area contributed by atoms with Gasteiger partial charge in [0, 0.05) is 58.3 Å². The summed E-state index contributed by atoms with van der Waals surface area (Å²) in [7, 11) is -11.3. The third kappa shape index (κ3) is 7.66. The molecule has 0 unspecified atom stereocenters. The first-order chi connectivity index (χ1) is 24.2. The van der Waals surface area contributed by atoms with Crippen molar-refractivity contribution < 1.29 is 53.3 Å². The van der Waals surface area contributed by atoms with Crippen molar-refractivity contribution >= 4 is 54.4 Å². The predicted molar refractivity (Wildman–Crippen MR) is 183 cm³/mol. The molecule has 0 atom stereocenters. The molecule has 1 aliphatic heterocycles. The van der Waals surface area contributed by atoms with Crippen LogP contribution in [-0.4, -0.2) is 48.3 Å². The van der Waals surface area contributed by atoms with Gasteiger partial charge in [-0.15, -0.1) is 11.8 Å². The molecule has 268 valence electrons. The Bertz CT molecular complexity index is 2410. The van der Waals surface area contributed by atoms with Crippen LogP contribution in [-0.2, 0) is 29.6 Å². The van der Waals surface area contributed by atoms with E-state index in [0.717, 1.165) is 12.1 Å². The number of rotatable bonds is 13. The van der Waals surface area contributed by atoms with Crippen LogP contribution in [0, 0.1) is 23.3 Å². The van der Waals surface area contributed by atoms with Gasteiger partial charge in [0.1, 0.15) is 49.4 Å². The van der Waals surface area contributed by atoms with Gasteiger partial charge in [0.15, 0.2) is 23.3 Å². The Morgan fingerprint density at radius 3 is 2.31 bits per heavy atom. The Kier molecular flexibility index (Phi) is 11.2. The molecule has 3 aromatic rings. The molecule has 51 heavy (non-hydrogen) atoms. The molecule has 0 aromatic heterocycles. The van der Waals surface area contributed by atoms with Crippen molar-refractivity contribution in [2.45, 2.75) is 28.5 Å². The summed E-state index contributed by atoms with van der Waals surface area (Å²) in [4.78, 5) is 10.2. The molecule has 2 N–H and O–H groups in total. The summed E-state index contributed by atoms with van der Waals surface area (Å²) in [5, 5.41) is 4.30. The fourth-order valence-electron chi connectivity index (χ4n) is 5.20. The average Bonchev–Trinajstić information content (AvgIpc) is 3.09. The number of nitrogens with one attached hydrogen (secondary N) is 2. The number of carbonyl (C=O) groups excluding carboxylic acids is 1. The minimum atomic E-state index is -5.95. The van der Waals surface area contributed by atoms with Crippen LogP contribution in [0.2, 0.25) is 0 Å². The number of sulfonamides is 2. The zero-order chi connectivity index (χ0) is 37.1. The highest BCUT2D eigenvalue weighted by Crippen LogP contribution is 2.44. The average molecular weight is 764 g/mol. The molecule has 0 fully saturated rings. The van der Waals surface area contributed by atoms with Crippen LogP contribution in [0.3, 0.4) is 0 Å². The Hall–Kier alpha value is -4.71. The second kappa shape index (κ2) is 15.3. The van der Waals surface area contributed by atoms with Crippen LogP contribution < -0.4 is 15.7 Å². The van der Waals surface area contributed by atoms with E-state index in [-0.39, 0.29) is 23.1 Å². The van der Waals surface area contributed by atoms with E-state index >= 15 is 8.78 Å². The van der Waals surface area contributed by atoms with Crippen LogP contribution >= 0.6 is 11.8 Å². The van der Waals surface area contributed by atoms with Gasteiger partial charge >= 0.3 is 5.97 Å². The summed E-state index contributed by atoms with van der Waals surface area (Å²) in [6.07, 6.45) is 0.822. The minimum Gasteiger partial charge on any atom is -0.462 e. The first kappa shape index (κ1) is 37.5. The normalized spacial score (nSPS) is 12.4. The number of nitrogens with zero attached hydrogens (tertiary/aromatic N) is 1. The first-order valence-electron chi connectivity index (χ1n) is 15.2. The van der Waals surface area contributed by atoms with Crippen molar-refractivity contribution in [2.24, 2.45) is 0 Å². The van der Waals surface area contributed by atoms with Crippen molar-refractivity contribution in [3.8, 4) is 22.5 Å². The second-order valence-electron chi connectivity index (χ2n) is 10.6. The van der Waals surface area contributed by atoms with Crippen LogP contribution in [0.1, 0.15) is 13.8 Å². The molecule has 0 amide bonds. The number of benzene rings is 4. The minimum absolute atomic E-state index is 0.0446. The zero-order valence-corrected chi connectivity index (χ0v) is 29.4. The molecule has 5 rings (SSSR count). The molecule has 0 bridgehead atoms. The van der Waals surface area contributed by atoms with Gasteiger partial charge in [-0.2, -0.15) is 0 Å². The lowest BCUT2D eigenvalue weighted by atomic mass is 9.93. The van der Waals surface area contributed by atoms with Crippen molar-refractivity contribution in [1.29, 1.82) is 0 Å². The maximum absolute atomic E-state index is 15.2. The molecule has 10 nitrogen and oxygen atoms in total. The number of carbonyl (C=O) groups is 1. The highest BCUT2D eigenvalue weighted by Gasteiger charge is 2.32. The summed E-state index contributed by atoms with van der Waals surface area (Å²) in [6.45, 7) is 7.72. The Labute approximate surface area is 294 Å². The van der Waals surface area contributed by atoms with E-state index in [2.05, 4.69) is 25.8 Å². The van der Waals surface area contributed by atoms with Gasteiger partial charge < -0.3 is 18.6 Å². The number of ether oxygens (including phenoxy) is 1. The molecule has 0 spiro atoms. The highest BCUT2D eigenvalue weighted by molar-refractivity contribution is 8.12. The third-order valence-electron chi connectivity index (χ3n) is 7.30. The number of anilines is 1. The summed E-state index contributed by atoms with van der Waals surface area (Å²) < 4.78 is 128. The van der Waals surface area contributed by atoms with E-state index < -0.39 is 70.6 Å². The van der Waals surface area contributed by atoms with Gasteiger partial charge in [-0.05, 0) is 38.1 Å². The number of thioether (sulfide) groups is 1. The fourth-order valence-corrected chi connectivity index (χ4v) is 8.99. The summed E-state index contributed by atoms with van der Waals surface area (Å²) >= 11 is 0.191. The lowest BCUT2D eigenvalue weighted by Gasteiger charge is -2.25. The first-order valence-corrected chi connectivity index (χ1v) is 19.0. The molecule has 3 aromatic carbocycles. The zero-order valence-electron chi connectivity index (χ0n) is 26.9. The lowest BCUT2D eigenvalue weighted by molar-refractivity contribution is -0.496. The van der Waals surface area contributed by atoms with Crippen LogP contribution in [0.4, 0.5) is 23.2 Å². The topological polar surface area (TPSA) is 148 Å². The molecular weight excluding hydrogens is 735 g/mol. The fraction of sp³-hybridized carbons (Fsp3) is 0.176. The molecular formula is C34H29F4N3O7S3. The van der Waals surface area contributed by atoms with E-state index in [4.69, 9.17) is 4.42 Å². The van der Waals surface area contributed by atoms with E-state index in [1.807, 2.05) is 13.8 Å². The SMILES string of the molecule is C=CC(=O)OCCSc1c(F)c(F)c(S(=O)(=O)[N-]S(=O)(=O)c2ccccc2-c2c3ccc(=[NH+]CC)cc-3oc3cc(NCC)ccc23)c(F)c1F. The van der Waals surface area contributed by atoms with Gasteiger partial charge in [-0.3, -0.25) is 0 Å². The number of hydrogen-bond donors (Lipinski definition) is 2.